The quantitative estimate of drug-likeness (QED) is 0.445. The van der Waals surface area contributed by atoms with Gasteiger partial charge in [-0.1, -0.05) is 17.3 Å². The number of carbonyl (C=O) groups is 1. The SMILES string of the molecule is COc1cc(C=NO)cc(Br)c1OCC(=O)Nc1ccccc1F. The summed E-state index contributed by atoms with van der Waals surface area (Å²) < 4.78 is 24.7. The second kappa shape index (κ2) is 8.30. The highest BCUT2D eigenvalue weighted by Gasteiger charge is 2.14. The number of ether oxygens (including phenoxy) is 2. The average Bonchev–Trinajstić information content (AvgIpc) is 2.56. The largest absolute Gasteiger partial charge is 0.493 e. The zero-order chi connectivity index (χ0) is 17.5. The van der Waals surface area contributed by atoms with E-state index in [0.717, 1.165) is 0 Å². The van der Waals surface area contributed by atoms with Crippen LogP contribution in [-0.4, -0.2) is 31.0 Å². The molecule has 1 amide bonds. The smallest absolute Gasteiger partial charge is 0.262 e. The minimum absolute atomic E-state index is 0.0756. The topological polar surface area (TPSA) is 80.2 Å². The van der Waals surface area contributed by atoms with E-state index in [9.17, 15) is 9.18 Å². The molecule has 0 saturated heterocycles. The summed E-state index contributed by atoms with van der Waals surface area (Å²) in [5, 5.41) is 13.9. The lowest BCUT2D eigenvalue weighted by molar-refractivity contribution is -0.118. The van der Waals surface area contributed by atoms with Crippen LogP contribution in [-0.2, 0) is 4.79 Å². The Morgan fingerprint density at radius 2 is 2.17 bits per heavy atom. The predicted octanol–water partition coefficient (Wildman–Crippen LogP) is 3.42. The van der Waals surface area contributed by atoms with Crippen molar-refractivity contribution >= 4 is 33.7 Å². The molecule has 0 aliphatic carbocycles. The van der Waals surface area contributed by atoms with E-state index in [0.29, 0.717) is 21.5 Å². The van der Waals surface area contributed by atoms with Crippen LogP contribution in [0.3, 0.4) is 0 Å². The number of benzene rings is 2. The minimum atomic E-state index is -0.530. The molecule has 0 bridgehead atoms. The Labute approximate surface area is 146 Å². The molecular formula is C16H14BrFN2O4. The molecule has 0 heterocycles. The number of anilines is 1. The van der Waals surface area contributed by atoms with Crippen molar-refractivity contribution < 1.29 is 23.9 Å². The molecule has 126 valence electrons. The van der Waals surface area contributed by atoms with E-state index in [2.05, 4.69) is 26.4 Å². The number of halogens is 2. The van der Waals surface area contributed by atoms with Gasteiger partial charge in [-0.15, -0.1) is 0 Å². The second-order valence-corrected chi connectivity index (χ2v) is 5.45. The van der Waals surface area contributed by atoms with E-state index >= 15 is 0 Å². The van der Waals surface area contributed by atoms with Gasteiger partial charge < -0.3 is 20.0 Å². The van der Waals surface area contributed by atoms with Crippen molar-refractivity contribution in [2.75, 3.05) is 19.0 Å². The van der Waals surface area contributed by atoms with E-state index in [-0.39, 0.29) is 12.3 Å². The molecule has 0 atom stereocenters. The van der Waals surface area contributed by atoms with Crippen molar-refractivity contribution in [1.82, 2.24) is 0 Å². The molecule has 0 saturated carbocycles. The lowest BCUT2D eigenvalue weighted by Crippen LogP contribution is -2.21. The predicted molar refractivity (Wildman–Crippen MR) is 90.6 cm³/mol. The van der Waals surface area contributed by atoms with Gasteiger partial charge in [0.15, 0.2) is 18.1 Å². The third kappa shape index (κ3) is 4.45. The highest BCUT2D eigenvalue weighted by Crippen LogP contribution is 2.36. The van der Waals surface area contributed by atoms with Gasteiger partial charge in [0.05, 0.1) is 23.5 Å². The lowest BCUT2D eigenvalue weighted by atomic mass is 10.2. The van der Waals surface area contributed by atoms with Gasteiger partial charge in [-0.2, -0.15) is 0 Å². The minimum Gasteiger partial charge on any atom is -0.493 e. The number of oxime groups is 1. The van der Waals surface area contributed by atoms with Gasteiger partial charge in [-0.25, -0.2) is 4.39 Å². The van der Waals surface area contributed by atoms with Crippen molar-refractivity contribution in [3.63, 3.8) is 0 Å². The van der Waals surface area contributed by atoms with E-state index in [1.807, 2.05) is 0 Å². The first-order valence-corrected chi connectivity index (χ1v) is 7.56. The van der Waals surface area contributed by atoms with Gasteiger partial charge in [0.25, 0.3) is 5.91 Å². The first-order valence-electron chi connectivity index (χ1n) is 6.77. The fraction of sp³-hybridized carbons (Fsp3) is 0.125. The van der Waals surface area contributed by atoms with E-state index in [1.165, 1.54) is 31.5 Å². The third-order valence-corrected chi connectivity index (χ3v) is 3.54. The van der Waals surface area contributed by atoms with Crippen LogP contribution in [0.4, 0.5) is 10.1 Å². The van der Waals surface area contributed by atoms with E-state index < -0.39 is 11.7 Å². The maximum atomic E-state index is 13.5. The molecule has 0 aliphatic heterocycles. The van der Waals surface area contributed by atoms with Crippen molar-refractivity contribution in [1.29, 1.82) is 0 Å². The molecule has 2 aromatic carbocycles. The first kappa shape index (κ1) is 17.7. The second-order valence-electron chi connectivity index (χ2n) is 4.60. The maximum Gasteiger partial charge on any atom is 0.262 e. The Morgan fingerprint density at radius 1 is 1.42 bits per heavy atom. The number of hydrogen-bond acceptors (Lipinski definition) is 5. The number of hydrogen-bond donors (Lipinski definition) is 2. The van der Waals surface area contributed by atoms with Crippen molar-refractivity contribution in [2.45, 2.75) is 0 Å². The molecule has 2 rings (SSSR count). The van der Waals surface area contributed by atoms with Gasteiger partial charge in [0, 0.05) is 5.56 Å². The number of amides is 1. The van der Waals surface area contributed by atoms with Crippen LogP contribution in [0.15, 0.2) is 46.0 Å². The monoisotopic (exact) mass is 396 g/mol. The molecular weight excluding hydrogens is 383 g/mol. The number of rotatable bonds is 6. The lowest BCUT2D eigenvalue weighted by Gasteiger charge is -2.13. The zero-order valence-corrected chi connectivity index (χ0v) is 14.2. The molecule has 24 heavy (non-hydrogen) atoms. The average molecular weight is 397 g/mol. The highest BCUT2D eigenvalue weighted by molar-refractivity contribution is 9.10. The molecule has 6 nitrogen and oxygen atoms in total. The number of para-hydroxylation sites is 1. The fourth-order valence-electron chi connectivity index (χ4n) is 1.91. The highest BCUT2D eigenvalue weighted by atomic mass is 79.9. The fourth-order valence-corrected chi connectivity index (χ4v) is 2.48. The summed E-state index contributed by atoms with van der Waals surface area (Å²) >= 11 is 3.30. The number of nitrogens with zero attached hydrogens (tertiary/aromatic N) is 1. The first-order chi connectivity index (χ1) is 11.5. The van der Waals surface area contributed by atoms with Crippen molar-refractivity contribution in [3.8, 4) is 11.5 Å². The number of methoxy groups -OCH3 is 1. The molecule has 0 unspecified atom stereocenters. The van der Waals surface area contributed by atoms with Crippen LogP contribution in [0.2, 0.25) is 0 Å². The Bertz CT molecular complexity index is 768. The van der Waals surface area contributed by atoms with Gasteiger partial charge in [0.1, 0.15) is 5.82 Å². The van der Waals surface area contributed by atoms with Gasteiger partial charge in [-0.05, 0) is 40.2 Å². The maximum absolute atomic E-state index is 13.5. The van der Waals surface area contributed by atoms with Crippen LogP contribution in [0.1, 0.15) is 5.56 Å². The molecule has 8 heteroatoms. The standard InChI is InChI=1S/C16H14BrFN2O4/c1-23-14-7-10(8-19-22)6-11(17)16(14)24-9-15(21)20-13-5-3-2-4-12(13)18/h2-8,22H,9H2,1H3,(H,20,21). The van der Waals surface area contributed by atoms with Crippen LogP contribution >= 0.6 is 15.9 Å². The molecule has 0 spiro atoms. The summed E-state index contributed by atoms with van der Waals surface area (Å²) in [5.74, 6) is -0.401. The van der Waals surface area contributed by atoms with E-state index in [4.69, 9.17) is 14.7 Å². The number of nitrogens with one attached hydrogen (secondary N) is 1. The summed E-state index contributed by atoms with van der Waals surface area (Å²) in [4.78, 5) is 11.9. The summed E-state index contributed by atoms with van der Waals surface area (Å²) in [7, 11) is 1.44. The van der Waals surface area contributed by atoms with E-state index in [1.54, 1.807) is 18.2 Å². The summed E-state index contributed by atoms with van der Waals surface area (Å²) in [5.41, 5.74) is 0.649. The molecule has 0 fully saturated rings. The van der Waals surface area contributed by atoms with Crippen molar-refractivity contribution in [2.24, 2.45) is 5.16 Å². The Kier molecular flexibility index (Phi) is 6.14. The Hall–Kier alpha value is -2.61. The van der Waals surface area contributed by atoms with Crippen molar-refractivity contribution in [3.05, 3.63) is 52.3 Å². The molecule has 2 N–H and O–H groups in total. The molecule has 0 aliphatic rings. The normalized spacial score (nSPS) is 10.6. The molecule has 0 radical (unpaired) electrons. The van der Waals surface area contributed by atoms with Gasteiger partial charge >= 0.3 is 0 Å². The van der Waals surface area contributed by atoms with Gasteiger partial charge in [0.2, 0.25) is 0 Å². The summed E-state index contributed by atoms with van der Waals surface area (Å²) in [6.07, 6.45) is 1.22. The van der Waals surface area contributed by atoms with Crippen LogP contribution in [0.25, 0.3) is 0 Å². The summed E-state index contributed by atoms with van der Waals surface area (Å²) in [6, 6.07) is 9.05. The van der Waals surface area contributed by atoms with Gasteiger partial charge in [-0.3, -0.25) is 4.79 Å². The Morgan fingerprint density at radius 3 is 2.83 bits per heavy atom. The Balaban J connectivity index is 2.08. The van der Waals surface area contributed by atoms with Crippen LogP contribution in [0, 0.1) is 5.82 Å². The zero-order valence-electron chi connectivity index (χ0n) is 12.6. The molecule has 2 aromatic rings. The van der Waals surface area contributed by atoms with Crippen LogP contribution in [0.5, 0.6) is 11.5 Å². The third-order valence-electron chi connectivity index (χ3n) is 2.95. The summed E-state index contributed by atoms with van der Waals surface area (Å²) in [6.45, 7) is -0.337. The van der Waals surface area contributed by atoms with Crippen LogP contribution < -0.4 is 14.8 Å². The molecule has 0 aromatic heterocycles. The number of carbonyl (C=O) groups excluding carboxylic acids is 1.